The molecule has 1 aliphatic rings. The molecule has 0 aliphatic heterocycles. The van der Waals surface area contributed by atoms with Crippen LogP contribution in [0, 0.1) is 0 Å². The fourth-order valence-corrected chi connectivity index (χ4v) is 1.70. The van der Waals surface area contributed by atoms with Crippen molar-refractivity contribution in [2.24, 2.45) is 0 Å². The van der Waals surface area contributed by atoms with Crippen LogP contribution in [0.1, 0.15) is 32.6 Å². The second-order valence-electron chi connectivity index (χ2n) is 3.54. The Balaban J connectivity index is 2.95. The number of rotatable bonds is 3. The number of carbonyl (C=O) groups is 1. The molecule has 0 fully saturated rings. The summed E-state index contributed by atoms with van der Waals surface area (Å²) in [5.41, 5.74) is 1.87. The average molecular weight is 196 g/mol. The second-order valence-corrected chi connectivity index (χ2v) is 3.54. The van der Waals surface area contributed by atoms with Crippen LogP contribution < -0.4 is 0 Å². The fourth-order valence-electron chi connectivity index (χ4n) is 1.70. The third kappa shape index (κ3) is 2.45. The first kappa shape index (κ1) is 11.0. The zero-order chi connectivity index (χ0) is 10.6. The summed E-state index contributed by atoms with van der Waals surface area (Å²) in [6.45, 7) is 1.37. The van der Waals surface area contributed by atoms with Crippen LogP contribution in [0.25, 0.3) is 0 Å². The number of carboxylic acids is 1. The van der Waals surface area contributed by atoms with Crippen LogP contribution >= 0.6 is 0 Å². The molecule has 0 aromatic carbocycles. The van der Waals surface area contributed by atoms with E-state index >= 15 is 0 Å². The summed E-state index contributed by atoms with van der Waals surface area (Å²) >= 11 is 0. The number of aliphatic hydroxyl groups is 1. The van der Waals surface area contributed by atoms with Crippen molar-refractivity contribution >= 4 is 5.97 Å². The number of carboxylic acid groups (broad SMARTS) is 1. The number of hydrogen-bond donors (Lipinski definition) is 2. The van der Waals surface area contributed by atoms with Gasteiger partial charge in [-0.1, -0.05) is 6.08 Å². The van der Waals surface area contributed by atoms with E-state index in [2.05, 4.69) is 0 Å². The van der Waals surface area contributed by atoms with Gasteiger partial charge in [0.25, 0.3) is 0 Å². The molecule has 0 atom stereocenters. The van der Waals surface area contributed by atoms with Gasteiger partial charge in [-0.3, -0.25) is 0 Å². The monoisotopic (exact) mass is 196 g/mol. The van der Waals surface area contributed by atoms with Crippen LogP contribution in [-0.2, 0) is 4.79 Å². The van der Waals surface area contributed by atoms with Gasteiger partial charge >= 0.3 is 5.97 Å². The van der Waals surface area contributed by atoms with E-state index in [9.17, 15) is 4.79 Å². The maximum atomic E-state index is 10.7. The maximum absolute atomic E-state index is 10.7. The Bertz CT molecular complexity index is 287. The minimum atomic E-state index is -0.944. The van der Waals surface area contributed by atoms with Crippen LogP contribution in [0.2, 0.25) is 0 Å². The highest BCUT2D eigenvalue weighted by atomic mass is 16.4. The zero-order valence-electron chi connectivity index (χ0n) is 8.42. The van der Waals surface area contributed by atoms with Crippen molar-refractivity contribution in [3.63, 3.8) is 0 Å². The van der Waals surface area contributed by atoms with Crippen molar-refractivity contribution in [3.8, 4) is 0 Å². The Morgan fingerprint density at radius 3 is 2.64 bits per heavy atom. The second kappa shape index (κ2) is 4.96. The molecule has 1 aliphatic carbocycles. The maximum Gasteiger partial charge on any atom is 0.331 e. The van der Waals surface area contributed by atoms with Gasteiger partial charge in [0.1, 0.15) is 0 Å². The number of hydrogen-bond acceptors (Lipinski definition) is 2. The molecule has 3 heteroatoms. The molecule has 1 rings (SSSR count). The highest BCUT2D eigenvalue weighted by molar-refractivity contribution is 5.87. The van der Waals surface area contributed by atoms with Crippen LogP contribution in [0.15, 0.2) is 22.8 Å². The van der Waals surface area contributed by atoms with Gasteiger partial charge in [0.15, 0.2) is 0 Å². The van der Waals surface area contributed by atoms with E-state index < -0.39 is 5.97 Å². The van der Waals surface area contributed by atoms with Crippen molar-refractivity contribution in [3.05, 3.63) is 22.8 Å². The summed E-state index contributed by atoms with van der Waals surface area (Å²) in [6.07, 6.45) is 6.17. The van der Waals surface area contributed by atoms with Crippen molar-refractivity contribution in [1.29, 1.82) is 0 Å². The molecule has 78 valence electrons. The smallest absolute Gasteiger partial charge is 0.331 e. The van der Waals surface area contributed by atoms with E-state index in [0.717, 1.165) is 31.3 Å². The number of aliphatic carboxylic acids is 1. The Hall–Kier alpha value is -1.09. The molecule has 0 spiro atoms. The predicted molar refractivity (Wildman–Crippen MR) is 54.0 cm³/mol. The first-order valence-electron chi connectivity index (χ1n) is 4.90. The van der Waals surface area contributed by atoms with Crippen LogP contribution in [0.4, 0.5) is 0 Å². The standard InChI is InChI=1S/C11H16O3/c1-8(11(13)14)10(7-12)9-5-3-2-4-6-9/h5,12H,2-4,6-7H2,1H3,(H,13,14). The zero-order valence-corrected chi connectivity index (χ0v) is 8.42. The highest BCUT2D eigenvalue weighted by Crippen LogP contribution is 2.25. The summed E-state index contributed by atoms with van der Waals surface area (Å²) in [4.78, 5) is 10.7. The van der Waals surface area contributed by atoms with E-state index in [1.807, 2.05) is 6.08 Å². The third-order valence-electron chi connectivity index (χ3n) is 2.61. The van der Waals surface area contributed by atoms with Gasteiger partial charge in [-0.05, 0) is 43.8 Å². The van der Waals surface area contributed by atoms with Crippen LogP contribution in [0.3, 0.4) is 0 Å². The molecule has 0 saturated carbocycles. The molecule has 14 heavy (non-hydrogen) atoms. The van der Waals surface area contributed by atoms with E-state index in [1.165, 1.54) is 0 Å². The van der Waals surface area contributed by atoms with Gasteiger partial charge < -0.3 is 10.2 Å². The van der Waals surface area contributed by atoms with E-state index in [-0.39, 0.29) is 12.2 Å². The van der Waals surface area contributed by atoms with Crippen molar-refractivity contribution in [2.75, 3.05) is 6.61 Å². The molecule has 0 aromatic rings. The Morgan fingerprint density at radius 2 is 2.21 bits per heavy atom. The SMILES string of the molecule is CC(C(=O)O)=C(CO)C1=CCCCC1. The lowest BCUT2D eigenvalue weighted by atomic mass is 9.91. The predicted octanol–water partition coefficient (Wildman–Crippen LogP) is 1.88. The molecule has 0 unspecified atom stereocenters. The van der Waals surface area contributed by atoms with Gasteiger partial charge in [0, 0.05) is 5.57 Å². The molecular weight excluding hydrogens is 180 g/mol. The lowest BCUT2D eigenvalue weighted by Crippen LogP contribution is -2.08. The largest absolute Gasteiger partial charge is 0.478 e. The van der Waals surface area contributed by atoms with Gasteiger partial charge in [-0.25, -0.2) is 4.79 Å². The summed E-state index contributed by atoms with van der Waals surface area (Å²) < 4.78 is 0. The lowest BCUT2D eigenvalue weighted by Gasteiger charge is -2.15. The highest BCUT2D eigenvalue weighted by Gasteiger charge is 2.14. The van der Waals surface area contributed by atoms with Crippen molar-refractivity contribution in [1.82, 2.24) is 0 Å². The number of allylic oxidation sites excluding steroid dienone is 1. The minimum Gasteiger partial charge on any atom is -0.478 e. The quantitative estimate of drug-likeness (QED) is 0.677. The van der Waals surface area contributed by atoms with Crippen LogP contribution in [-0.4, -0.2) is 22.8 Å². The summed E-state index contributed by atoms with van der Waals surface area (Å²) in [7, 11) is 0. The summed E-state index contributed by atoms with van der Waals surface area (Å²) in [5.74, 6) is -0.944. The van der Waals surface area contributed by atoms with E-state index in [0.29, 0.717) is 5.57 Å². The topological polar surface area (TPSA) is 57.5 Å². The van der Waals surface area contributed by atoms with Gasteiger partial charge in [-0.2, -0.15) is 0 Å². The van der Waals surface area contributed by atoms with Crippen LogP contribution in [0.5, 0.6) is 0 Å². The van der Waals surface area contributed by atoms with E-state index in [4.69, 9.17) is 10.2 Å². The molecule has 0 bridgehead atoms. The summed E-state index contributed by atoms with van der Waals surface area (Å²) in [6, 6.07) is 0. The number of aliphatic hydroxyl groups excluding tert-OH is 1. The molecular formula is C11H16O3. The first-order valence-corrected chi connectivity index (χ1v) is 4.90. The van der Waals surface area contributed by atoms with Gasteiger partial charge in [0.05, 0.1) is 6.61 Å². The first-order chi connectivity index (χ1) is 6.66. The molecule has 0 radical (unpaired) electrons. The normalized spacial score (nSPS) is 18.6. The molecule has 0 heterocycles. The Morgan fingerprint density at radius 1 is 1.50 bits per heavy atom. The average Bonchev–Trinajstić information content (AvgIpc) is 2.20. The molecule has 0 aromatic heterocycles. The molecule has 3 nitrogen and oxygen atoms in total. The summed E-state index contributed by atoms with van der Waals surface area (Å²) in [5, 5.41) is 18.0. The molecule has 2 N–H and O–H groups in total. The van der Waals surface area contributed by atoms with Crippen molar-refractivity contribution in [2.45, 2.75) is 32.6 Å². The fraction of sp³-hybridized carbons (Fsp3) is 0.545. The molecule has 0 saturated heterocycles. The lowest BCUT2D eigenvalue weighted by molar-refractivity contribution is -0.132. The van der Waals surface area contributed by atoms with Crippen molar-refractivity contribution < 1.29 is 15.0 Å². The third-order valence-corrected chi connectivity index (χ3v) is 2.61. The Kier molecular flexibility index (Phi) is 3.89. The Labute approximate surface area is 83.8 Å². The van der Waals surface area contributed by atoms with E-state index in [1.54, 1.807) is 6.92 Å². The van der Waals surface area contributed by atoms with Gasteiger partial charge in [-0.15, -0.1) is 0 Å². The minimum absolute atomic E-state index is 0.177. The molecule has 0 amide bonds. The van der Waals surface area contributed by atoms with Gasteiger partial charge in [0.2, 0.25) is 0 Å².